The van der Waals surface area contributed by atoms with Gasteiger partial charge in [0, 0.05) is 13.7 Å². The van der Waals surface area contributed by atoms with Gasteiger partial charge in [-0.3, -0.25) is 4.79 Å². The first kappa shape index (κ1) is 17.7. The molecule has 1 aromatic rings. The number of rotatable bonds is 6. The second-order valence-corrected chi connectivity index (χ2v) is 4.80. The molecule has 0 spiro atoms. The molecule has 0 saturated heterocycles. The number of benzene rings is 1. The van der Waals surface area contributed by atoms with Crippen LogP contribution in [-0.4, -0.2) is 25.7 Å². The van der Waals surface area contributed by atoms with Gasteiger partial charge in [-0.2, -0.15) is 13.2 Å². The van der Waals surface area contributed by atoms with Crippen LogP contribution in [0.4, 0.5) is 18.9 Å². The fourth-order valence-corrected chi connectivity index (χ4v) is 1.90. The number of para-hydroxylation sites is 1. The number of halogens is 4. The van der Waals surface area contributed by atoms with Crippen LogP contribution in [0.5, 0.6) is 0 Å². The first-order chi connectivity index (χ1) is 9.77. The third kappa shape index (κ3) is 5.18. The summed E-state index contributed by atoms with van der Waals surface area (Å²) in [5.41, 5.74) is 4.14. The summed E-state index contributed by atoms with van der Waals surface area (Å²) in [4.78, 5) is 11.8. The average molecular weight is 325 g/mol. The number of hydrogen-bond acceptors (Lipinski definition) is 3. The molecule has 1 unspecified atom stereocenters. The molecule has 1 atom stereocenters. The summed E-state index contributed by atoms with van der Waals surface area (Å²) in [6, 6.07) is 2.35. The quantitative estimate of drug-likeness (QED) is 0.790. The highest BCUT2D eigenvalue weighted by Gasteiger charge is 2.35. The second kappa shape index (κ2) is 7.63. The van der Waals surface area contributed by atoms with E-state index in [4.69, 9.17) is 22.1 Å². The van der Waals surface area contributed by atoms with Crippen molar-refractivity contribution in [2.24, 2.45) is 5.73 Å². The summed E-state index contributed by atoms with van der Waals surface area (Å²) in [5, 5.41) is 1.96. The van der Waals surface area contributed by atoms with Gasteiger partial charge in [0.15, 0.2) is 0 Å². The zero-order chi connectivity index (χ0) is 16.0. The van der Waals surface area contributed by atoms with Crippen molar-refractivity contribution in [3.05, 3.63) is 28.8 Å². The largest absolute Gasteiger partial charge is 0.418 e. The maximum Gasteiger partial charge on any atom is 0.418 e. The summed E-state index contributed by atoms with van der Waals surface area (Å²) in [5.74, 6) is -0.718. The third-order valence-electron chi connectivity index (χ3n) is 2.77. The lowest BCUT2D eigenvalue weighted by atomic mass is 10.1. The highest BCUT2D eigenvalue weighted by Crippen LogP contribution is 2.38. The van der Waals surface area contributed by atoms with Gasteiger partial charge in [0.2, 0.25) is 5.91 Å². The van der Waals surface area contributed by atoms with E-state index >= 15 is 0 Å². The van der Waals surface area contributed by atoms with Crippen molar-refractivity contribution >= 4 is 23.2 Å². The molecule has 118 valence electrons. The van der Waals surface area contributed by atoms with Crippen LogP contribution in [0.3, 0.4) is 0 Å². The highest BCUT2D eigenvalue weighted by atomic mass is 35.5. The lowest BCUT2D eigenvalue weighted by Crippen LogP contribution is -2.36. The van der Waals surface area contributed by atoms with E-state index in [1.54, 1.807) is 0 Å². The first-order valence-corrected chi connectivity index (χ1v) is 6.56. The number of anilines is 1. The number of ether oxygens (including phenoxy) is 1. The van der Waals surface area contributed by atoms with Crippen molar-refractivity contribution in [1.82, 2.24) is 0 Å². The molecule has 8 heteroatoms. The Bertz CT molecular complexity index is 495. The van der Waals surface area contributed by atoms with E-state index in [9.17, 15) is 18.0 Å². The molecule has 0 aromatic heterocycles. The van der Waals surface area contributed by atoms with Crippen LogP contribution in [0, 0.1) is 0 Å². The van der Waals surface area contributed by atoms with Crippen LogP contribution in [-0.2, 0) is 15.7 Å². The van der Waals surface area contributed by atoms with E-state index in [0.717, 1.165) is 6.07 Å². The summed E-state index contributed by atoms with van der Waals surface area (Å²) < 4.78 is 43.4. The van der Waals surface area contributed by atoms with Crippen molar-refractivity contribution in [3.63, 3.8) is 0 Å². The Morgan fingerprint density at radius 2 is 2.14 bits per heavy atom. The zero-order valence-electron chi connectivity index (χ0n) is 11.3. The minimum atomic E-state index is -4.62. The predicted octanol–water partition coefficient (Wildman–Crippen LogP) is 3.05. The molecule has 4 nitrogen and oxygen atoms in total. The van der Waals surface area contributed by atoms with Gasteiger partial charge in [0.1, 0.15) is 0 Å². The van der Waals surface area contributed by atoms with Gasteiger partial charge in [-0.05, 0) is 25.0 Å². The van der Waals surface area contributed by atoms with Gasteiger partial charge < -0.3 is 15.8 Å². The number of carbonyl (C=O) groups excluding carboxylic acids is 1. The normalized spacial score (nSPS) is 13.0. The number of carbonyl (C=O) groups is 1. The van der Waals surface area contributed by atoms with Crippen LogP contribution in [0.25, 0.3) is 0 Å². The third-order valence-corrected chi connectivity index (χ3v) is 3.08. The molecule has 1 aromatic carbocycles. The molecule has 1 rings (SSSR count). The molecule has 0 aliphatic carbocycles. The van der Waals surface area contributed by atoms with E-state index < -0.39 is 29.4 Å². The fourth-order valence-electron chi connectivity index (χ4n) is 1.68. The molecule has 0 heterocycles. The van der Waals surface area contributed by atoms with Gasteiger partial charge in [0.25, 0.3) is 0 Å². The van der Waals surface area contributed by atoms with Gasteiger partial charge in [-0.1, -0.05) is 17.7 Å². The number of hydrogen-bond donors (Lipinski definition) is 2. The molecule has 0 aliphatic heterocycles. The fraction of sp³-hybridized carbons (Fsp3) is 0.462. The Morgan fingerprint density at radius 3 is 2.71 bits per heavy atom. The van der Waals surface area contributed by atoms with E-state index in [2.05, 4.69) is 5.32 Å². The van der Waals surface area contributed by atoms with E-state index in [-0.39, 0.29) is 5.02 Å². The smallest absolute Gasteiger partial charge is 0.385 e. The first-order valence-electron chi connectivity index (χ1n) is 6.18. The number of nitrogens with two attached hydrogens (primary N) is 1. The van der Waals surface area contributed by atoms with Crippen molar-refractivity contribution in [2.75, 3.05) is 19.0 Å². The molecule has 0 fully saturated rings. The standard InChI is InChI=1S/C13H16ClF3N2O2/c1-21-7-3-6-10(18)12(20)19-11-8(13(15,16)17)4-2-5-9(11)14/h2,4-5,10H,3,6-7,18H2,1H3,(H,19,20). The highest BCUT2D eigenvalue weighted by molar-refractivity contribution is 6.34. The molecule has 3 N–H and O–H groups in total. The zero-order valence-corrected chi connectivity index (χ0v) is 12.1. The Balaban J connectivity index is 2.85. The molecular formula is C13H16ClF3N2O2. The Morgan fingerprint density at radius 1 is 1.48 bits per heavy atom. The second-order valence-electron chi connectivity index (χ2n) is 4.39. The van der Waals surface area contributed by atoms with Gasteiger partial charge in [-0.15, -0.1) is 0 Å². The lowest BCUT2D eigenvalue weighted by Gasteiger charge is -2.17. The van der Waals surface area contributed by atoms with Crippen LogP contribution >= 0.6 is 11.6 Å². The van der Waals surface area contributed by atoms with Gasteiger partial charge in [0.05, 0.1) is 22.3 Å². The van der Waals surface area contributed by atoms with Crippen LogP contribution in [0.2, 0.25) is 5.02 Å². The summed E-state index contributed by atoms with van der Waals surface area (Å²) in [6.45, 7) is 0.418. The topological polar surface area (TPSA) is 64.3 Å². The maximum atomic E-state index is 12.9. The lowest BCUT2D eigenvalue weighted by molar-refractivity contribution is -0.137. The van der Waals surface area contributed by atoms with E-state index in [1.807, 2.05) is 0 Å². The molecule has 21 heavy (non-hydrogen) atoms. The summed E-state index contributed by atoms with van der Waals surface area (Å²) in [7, 11) is 1.50. The SMILES string of the molecule is COCCCC(N)C(=O)Nc1c(Cl)cccc1C(F)(F)F. The monoisotopic (exact) mass is 324 g/mol. The van der Waals surface area contributed by atoms with Crippen molar-refractivity contribution in [2.45, 2.75) is 25.1 Å². The Kier molecular flexibility index (Phi) is 6.44. The van der Waals surface area contributed by atoms with Crippen molar-refractivity contribution in [1.29, 1.82) is 0 Å². The summed E-state index contributed by atoms with van der Waals surface area (Å²) >= 11 is 5.74. The van der Waals surface area contributed by atoms with Crippen molar-refractivity contribution in [3.8, 4) is 0 Å². The molecular weight excluding hydrogens is 309 g/mol. The van der Waals surface area contributed by atoms with Crippen LogP contribution in [0.15, 0.2) is 18.2 Å². The number of amides is 1. The average Bonchev–Trinajstić information content (AvgIpc) is 2.39. The molecule has 1 amide bonds. The maximum absolute atomic E-state index is 12.9. The predicted molar refractivity (Wildman–Crippen MR) is 74.2 cm³/mol. The molecule has 0 saturated carbocycles. The van der Waals surface area contributed by atoms with E-state index in [1.165, 1.54) is 19.2 Å². The molecule has 0 aliphatic rings. The minimum absolute atomic E-state index is 0.192. The number of nitrogens with one attached hydrogen (secondary N) is 1. The van der Waals surface area contributed by atoms with Gasteiger partial charge >= 0.3 is 6.18 Å². The molecule has 0 radical (unpaired) electrons. The Hall–Kier alpha value is -1.31. The van der Waals surface area contributed by atoms with E-state index in [0.29, 0.717) is 19.4 Å². The van der Waals surface area contributed by atoms with Crippen molar-refractivity contribution < 1.29 is 22.7 Å². The minimum Gasteiger partial charge on any atom is -0.385 e. The van der Waals surface area contributed by atoms with Gasteiger partial charge in [-0.25, -0.2) is 0 Å². The molecule has 0 bridgehead atoms. The van der Waals surface area contributed by atoms with Crippen LogP contribution in [0.1, 0.15) is 18.4 Å². The number of alkyl halides is 3. The summed E-state index contributed by atoms with van der Waals surface area (Å²) in [6.07, 6.45) is -3.79. The number of methoxy groups -OCH3 is 1. The van der Waals surface area contributed by atoms with Crippen LogP contribution < -0.4 is 11.1 Å². The Labute approximate surface area is 125 Å².